The molecular weight excluding hydrogens is 324 g/mol. The number of anilines is 1. The summed E-state index contributed by atoms with van der Waals surface area (Å²) in [7, 11) is 5.35. The van der Waals surface area contributed by atoms with Gasteiger partial charge in [0.05, 0.1) is 17.3 Å². The molecule has 1 aromatic carbocycles. The van der Waals surface area contributed by atoms with Gasteiger partial charge in [-0.2, -0.15) is 0 Å². The number of nitrogens with zero attached hydrogens (tertiary/aromatic N) is 3. The maximum absolute atomic E-state index is 12.7. The number of benzene rings is 1. The van der Waals surface area contributed by atoms with Gasteiger partial charge in [-0.25, -0.2) is 4.98 Å². The molecule has 2 heterocycles. The zero-order chi connectivity index (χ0) is 17.1. The molecule has 0 aliphatic carbocycles. The van der Waals surface area contributed by atoms with E-state index >= 15 is 0 Å². The van der Waals surface area contributed by atoms with E-state index in [2.05, 4.69) is 15.3 Å². The number of thiazole rings is 1. The number of fused-ring (bicyclic) bond motifs is 1. The summed E-state index contributed by atoms with van der Waals surface area (Å²) in [5.41, 5.74) is 1.67. The van der Waals surface area contributed by atoms with Crippen molar-refractivity contribution in [3.8, 4) is 5.75 Å². The number of rotatable bonds is 5. The molecule has 24 heavy (non-hydrogen) atoms. The second-order valence-electron chi connectivity index (χ2n) is 5.49. The summed E-state index contributed by atoms with van der Waals surface area (Å²) in [6, 6.07) is 8.92. The Morgan fingerprint density at radius 2 is 2.17 bits per heavy atom. The van der Waals surface area contributed by atoms with Crippen LogP contribution in [-0.4, -0.2) is 42.0 Å². The summed E-state index contributed by atoms with van der Waals surface area (Å²) in [5, 5.41) is 3.48. The number of carbonyl (C=O) groups excluding carboxylic acids is 1. The van der Waals surface area contributed by atoms with Crippen LogP contribution in [0.25, 0.3) is 10.2 Å². The molecule has 0 saturated heterocycles. The van der Waals surface area contributed by atoms with Gasteiger partial charge in [0, 0.05) is 12.4 Å². The predicted octanol–water partition coefficient (Wildman–Crippen LogP) is 2.94. The molecule has 0 bridgehead atoms. The fourth-order valence-corrected chi connectivity index (χ4v) is 3.38. The average molecular weight is 342 g/mol. The molecule has 7 heteroatoms. The highest BCUT2D eigenvalue weighted by molar-refractivity contribution is 7.22. The lowest BCUT2D eigenvalue weighted by atomic mass is 10.1. The third kappa shape index (κ3) is 3.37. The Morgan fingerprint density at radius 3 is 2.83 bits per heavy atom. The minimum Gasteiger partial charge on any atom is -0.497 e. The van der Waals surface area contributed by atoms with Crippen molar-refractivity contribution in [3.05, 3.63) is 48.3 Å². The molecule has 124 valence electrons. The standard InChI is InChI=1S/C17H18N4O2S/c1-21(2)15(11-5-4-8-18-10-11)16(22)20-17-19-13-7-6-12(23-3)9-14(13)24-17/h4-10,15H,1-3H3,(H,19,20,22). The van der Waals surface area contributed by atoms with E-state index in [1.165, 1.54) is 11.3 Å². The van der Waals surface area contributed by atoms with Gasteiger partial charge in [0.1, 0.15) is 11.8 Å². The van der Waals surface area contributed by atoms with Crippen LogP contribution in [0.1, 0.15) is 11.6 Å². The van der Waals surface area contributed by atoms with Gasteiger partial charge < -0.3 is 10.1 Å². The van der Waals surface area contributed by atoms with Crippen LogP contribution in [0.15, 0.2) is 42.7 Å². The Hall–Kier alpha value is -2.51. The number of pyridine rings is 1. The molecule has 3 rings (SSSR count). The summed E-state index contributed by atoms with van der Waals surface area (Å²) in [6.45, 7) is 0. The molecule has 1 unspecified atom stereocenters. The summed E-state index contributed by atoms with van der Waals surface area (Å²) in [5.74, 6) is 0.629. The summed E-state index contributed by atoms with van der Waals surface area (Å²) >= 11 is 1.42. The highest BCUT2D eigenvalue weighted by Crippen LogP contribution is 2.30. The van der Waals surface area contributed by atoms with Crippen molar-refractivity contribution in [2.24, 2.45) is 0 Å². The van der Waals surface area contributed by atoms with Crippen LogP contribution in [0.3, 0.4) is 0 Å². The SMILES string of the molecule is COc1ccc2nc(NC(=O)C(c3cccnc3)N(C)C)sc2c1. The number of aromatic nitrogens is 2. The first kappa shape index (κ1) is 16.4. The lowest BCUT2D eigenvalue weighted by Gasteiger charge is -2.22. The van der Waals surface area contributed by atoms with E-state index in [0.717, 1.165) is 21.5 Å². The van der Waals surface area contributed by atoms with Crippen LogP contribution in [0, 0.1) is 0 Å². The van der Waals surface area contributed by atoms with Gasteiger partial charge in [-0.3, -0.25) is 14.7 Å². The predicted molar refractivity (Wildman–Crippen MR) is 95.5 cm³/mol. The normalized spacial score (nSPS) is 12.3. The second-order valence-corrected chi connectivity index (χ2v) is 6.53. The second kappa shape index (κ2) is 6.94. The van der Waals surface area contributed by atoms with Gasteiger partial charge in [0.15, 0.2) is 5.13 Å². The smallest absolute Gasteiger partial charge is 0.248 e. The number of methoxy groups -OCH3 is 1. The zero-order valence-corrected chi connectivity index (χ0v) is 14.5. The van der Waals surface area contributed by atoms with Crippen molar-refractivity contribution in [1.82, 2.24) is 14.9 Å². The first-order valence-corrected chi connectivity index (χ1v) is 8.22. The van der Waals surface area contributed by atoms with Gasteiger partial charge in [0.2, 0.25) is 5.91 Å². The van der Waals surface area contributed by atoms with Gasteiger partial charge in [0.25, 0.3) is 0 Å². The molecule has 6 nitrogen and oxygen atoms in total. The van der Waals surface area contributed by atoms with Gasteiger partial charge in [-0.05, 0) is 43.9 Å². The lowest BCUT2D eigenvalue weighted by Crippen LogP contribution is -2.32. The number of likely N-dealkylation sites (N-methyl/N-ethyl adjacent to an activating group) is 1. The van der Waals surface area contributed by atoms with Crippen LogP contribution >= 0.6 is 11.3 Å². The Balaban J connectivity index is 1.85. The van der Waals surface area contributed by atoms with E-state index in [1.807, 2.05) is 49.3 Å². The highest BCUT2D eigenvalue weighted by atomic mass is 32.1. The van der Waals surface area contributed by atoms with Crippen LogP contribution < -0.4 is 10.1 Å². The Bertz CT molecular complexity index is 848. The Labute approximate surface area is 144 Å². The van der Waals surface area contributed by atoms with Crippen LogP contribution in [-0.2, 0) is 4.79 Å². The lowest BCUT2D eigenvalue weighted by molar-refractivity contribution is -0.120. The first-order chi connectivity index (χ1) is 11.6. The molecular formula is C17H18N4O2S. The van der Waals surface area contributed by atoms with E-state index in [4.69, 9.17) is 4.74 Å². The van der Waals surface area contributed by atoms with Gasteiger partial charge in [-0.15, -0.1) is 0 Å². The number of carbonyl (C=O) groups is 1. The third-order valence-corrected chi connectivity index (χ3v) is 4.52. The molecule has 0 fully saturated rings. The summed E-state index contributed by atoms with van der Waals surface area (Å²) < 4.78 is 6.18. The van der Waals surface area contributed by atoms with Crippen molar-refractivity contribution in [3.63, 3.8) is 0 Å². The number of amides is 1. The van der Waals surface area contributed by atoms with E-state index < -0.39 is 6.04 Å². The van der Waals surface area contributed by atoms with Crippen LogP contribution in [0.4, 0.5) is 5.13 Å². The Kier molecular flexibility index (Phi) is 4.73. The zero-order valence-electron chi connectivity index (χ0n) is 13.7. The largest absolute Gasteiger partial charge is 0.497 e. The highest BCUT2D eigenvalue weighted by Gasteiger charge is 2.24. The quantitative estimate of drug-likeness (QED) is 0.772. The molecule has 2 aromatic heterocycles. The number of ether oxygens (including phenoxy) is 1. The van der Waals surface area contributed by atoms with Crippen molar-refractivity contribution >= 4 is 32.6 Å². The number of hydrogen-bond donors (Lipinski definition) is 1. The fraction of sp³-hybridized carbons (Fsp3) is 0.235. The average Bonchev–Trinajstić information content (AvgIpc) is 2.96. The van der Waals surface area contributed by atoms with Gasteiger partial charge in [-0.1, -0.05) is 17.4 Å². The van der Waals surface area contributed by atoms with Crippen molar-refractivity contribution in [2.45, 2.75) is 6.04 Å². The van der Waals surface area contributed by atoms with E-state index in [1.54, 1.807) is 19.5 Å². The minimum absolute atomic E-state index is 0.140. The molecule has 0 saturated carbocycles. The molecule has 1 amide bonds. The molecule has 1 N–H and O–H groups in total. The fourth-order valence-electron chi connectivity index (χ4n) is 2.48. The van der Waals surface area contributed by atoms with E-state index in [-0.39, 0.29) is 5.91 Å². The minimum atomic E-state index is -0.430. The molecule has 0 aliphatic heterocycles. The summed E-state index contributed by atoms with van der Waals surface area (Å²) in [4.78, 5) is 23.1. The first-order valence-electron chi connectivity index (χ1n) is 7.40. The summed E-state index contributed by atoms with van der Waals surface area (Å²) in [6.07, 6.45) is 3.39. The number of hydrogen-bond acceptors (Lipinski definition) is 6. The Morgan fingerprint density at radius 1 is 1.33 bits per heavy atom. The maximum Gasteiger partial charge on any atom is 0.248 e. The van der Waals surface area contributed by atoms with Crippen molar-refractivity contribution in [1.29, 1.82) is 0 Å². The molecule has 0 aliphatic rings. The van der Waals surface area contributed by atoms with Crippen LogP contribution in [0.2, 0.25) is 0 Å². The third-order valence-electron chi connectivity index (χ3n) is 3.59. The monoisotopic (exact) mass is 342 g/mol. The maximum atomic E-state index is 12.7. The van der Waals surface area contributed by atoms with E-state index in [0.29, 0.717) is 5.13 Å². The molecule has 0 radical (unpaired) electrons. The van der Waals surface area contributed by atoms with Crippen molar-refractivity contribution in [2.75, 3.05) is 26.5 Å². The molecule has 0 spiro atoms. The van der Waals surface area contributed by atoms with E-state index in [9.17, 15) is 4.79 Å². The van der Waals surface area contributed by atoms with Crippen LogP contribution in [0.5, 0.6) is 5.75 Å². The number of nitrogens with one attached hydrogen (secondary N) is 1. The topological polar surface area (TPSA) is 67.3 Å². The van der Waals surface area contributed by atoms with Gasteiger partial charge >= 0.3 is 0 Å². The van der Waals surface area contributed by atoms with Crippen molar-refractivity contribution < 1.29 is 9.53 Å². The molecule has 3 aromatic rings. The molecule has 1 atom stereocenters.